The molecule has 4 nitrogen and oxygen atoms in total. The number of amides is 1. The number of nitrogens with zero attached hydrogens (tertiary/aromatic N) is 1. The fraction of sp³-hybridized carbons (Fsp3) is 0.364. The molecule has 1 fully saturated rings. The van der Waals surface area contributed by atoms with E-state index in [1.807, 2.05) is 18.2 Å². The summed E-state index contributed by atoms with van der Waals surface area (Å²) in [6, 6.07) is 14.4. The minimum absolute atomic E-state index is 0.101. The van der Waals surface area contributed by atoms with E-state index in [1.54, 1.807) is 11.3 Å². The molecular formula is C22H26N3OS+. The molecule has 1 aliphatic rings. The minimum atomic E-state index is 0.101. The van der Waals surface area contributed by atoms with Crippen molar-refractivity contribution in [3.63, 3.8) is 0 Å². The topological polar surface area (TPSA) is 46.4 Å². The lowest BCUT2D eigenvalue weighted by Crippen LogP contribution is -3.14. The third kappa shape index (κ3) is 4.04. The molecule has 1 amide bonds. The van der Waals surface area contributed by atoms with Crippen molar-refractivity contribution in [3.8, 4) is 0 Å². The fourth-order valence-electron chi connectivity index (χ4n) is 3.90. The minimum Gasteiger partial charge on any atom is -0.327 e. The maximum Gasteiger partial charge on any atom is 0.279 e. The third-order valence-corrected chi connectivity index (χ3v) is 6.77. The number of fused-ring (bicyclic) bond motifs is 1. The van der Waals surface area contributed by atoms with Gasteiger partial charge in [-0.05, 0) is 56.0 Å². The van der Waals surface area contributed by atoms with Crippen LogP contribution in [0.5, 0.6) is 0 Å². The highest BCUT2D eigenvalue weighted by atomic mass is 32.1. The fourth-order valence-corrected chi connectivity index (χ4v) is 5.00. The van der Waals surface area contributed by atoms with Gasteiger partial charge in [-0.25, -0.2) is 4.98 Å². The van der Waals surface area contributed by atoms with Gasteiger partial charge in [-0.2, -0.15) is 0 Å². The van der Waals surface area contributed by atoms with E-state index >= 15 is 0 Å². The van der Waals surface area contributed by atoms with E-state index in [0.29, 0.717) is 12.5 Å². The van der Waals surface area contributed by atoms with E-state index in [1.165, 1.54) is 26.6 Å². The van der Waals surface area contributed by atoms with Gasteiger partial charge < -0.3 is 10.2 Å². The van der Waals surface area contributed by atoms with E-state index in [2.05, 4.69) is 43.4 Å². The highest BCUT2D eigenvalue weighted by molar-refractivity contribution is 7.18. The lowest BCUT2D eigenvalue weighted by atomic mass is 9.99. The van der Waals surface area contributed by atoms with Gasteiger partial charge in [0.15, 0.2) is 6.54 Å². The SMILES string of the molecule is Cc1cccc(NC(=O)C[NH+]2CCC[C@@H](c3nc4ccccc4s3)C2)c1C. The molecule has 2 atom stereocenters. The van der Waals surface area contributed by atoms with Crippen LogP contribution in [0.3, 0.4) is 0 Å². The number of nitrogens with one attached hydrogen (secondary N) is 2. The molecule has 27 heavy (non-hydrogen) atoms. The Morgan fingerprint density at radius 1 is 1.22 bits per heavy atom. The van der Waals surface area contributed by atoms with Crippen LogP contribution in [0.2, 0.25) is 0 Å². The molecule has 1 aliphatic heterocycles. The van der Waals surface area contributed by atoms with Crippen molar-refractivity contribution in [2.24, 2.45) is 0 Å². The van der Waals surface area contributed by atoms with Crippen LogP contribution >= 0.6 is 11.3 Å². The number of anilines is 1. The molecule has 0 aliphatic carbocycles. The number of piperidine rings is 1. The maximum absolute atomic E-state index is 12.6. The predicted molar refractivity (Wildman–Crippen MR) is 112 cm³/mol. The van der Waals surface area contributed by atoms with Crippen LogP contribution in [0.15, 0.2) is 42.5 Å². The smallest absolute Gasteiger partial charge is 0.279 e. The molecule has 1 unspecified atom stereocenters. The number of likely N-dealkylation sites (tertiary alicyclic amines) is 1. The summed E-state index contributed by atoms with van der Waals surface area (Å²) in [6.45, 7) is 6.70. The van der Waals surface area contributed by atoms with Crippen molar-refractivity contribution in [3.05, 3.63) is 58.6 Å². The van der Waals surface area contributed by atoms with Crippen molar-refractivity contribution in [2.75, 3.05) is 25.0 Å². The molecule has 140 valence electrons. The Morgan fingerprint density at radius 2 is 2.07 bits per heavy atom. The van der Waals surface area contributed by atoms with Crippen molar-refractivity contribution in [1.82, 2.24) is 4.98 Å². The Labute approximate surface area is 164 Å². The summed E-state index contributed by atoms with van der Waals surface area (Å²) in [4.78, 5) is 18.8. The first-order valence-electron chi connectivity index (χ1n) is 9.65. The summed E-state index contributed by atoms with van der Waals surface area (Å²) in [5.41, 5.74) is 4.37. The molecule has 2 aromatic carbocycles. The van der Waals surface area contributed by atoms with Crippen molar-refractivity contribution >= 4 is 33.1 Å². The number of hydrogen-bond acceptors (Lipinski definition) is 3. The highest BCUT2D eigenvalue weighted by Crippen LogP contribution is 2.30. The van der Waals surface area contributed by atoms with E-state index in [9.17, 15) is 4.79 Å². The molecule has 4 rings (SSSR count). The van der Waals surface area contributed by atoms with E-state index in [-0.39, 0.29) is 5.91 Å². The van der Waals surface area contributed by atoms with Gasteiger partial charge in [-0.3, -0.25) is 4.79 Å². The molecule has 0 saturated carbocycles. The zero-order valence-corrected chi connectivity index (χ0v) is 16.7. The second-order valence-electron chi connectivity index (χ2n) is 7.54. The molecule has 2 N–H and O–H groups in total. The summed E-state index contributed by atoms with van der Waals surface area (Å²) in [7, 11) is 0. The summed E-state index contributed by atoms with van der Waals surface area (Å²) < 4.78 is 1.26. The monoisotopic (exact) mass is 380 g/mol. The zero-order valence-electron chi connectivity index (χ0n) is 15.9. The predicted octanol–water partition coefficient (Wildman–Crippen LogP) is 3.31. The summed E-state index contributed by atoms with van der Waals surface area (Å²) in [5.74, 6) is 0.559. The molecule has 0 radical (unpaired) electrons. The number of hydrogen-bond donors (Lipinski definition) is 2. The largest absolute Gasteiger partial charge is 0.327 e. The van der Waals surface area contributed by atoms with Crippen LogP contribution in [0.1, 0.15) is 34.9 Å². The number of para-hydroxylation sites is 1. The molecule has 0 bridgehead atoms. The third-order valence-electron chi connectivity index (χ3n) is 5.57. The molecule has 1 aromatic heterocycles. The first kappa shape index (κ1) is 18.1. The number of thiazole rings is 1. The lowest BCUT2D eigenvalue weighted by Gasteiger charge is -2.28. The summed E-state index contributed by atoms with van der Waals surface area (Å²) in [5, 5.41) is 4.33. The van der Waals surface area contributed by atoms with Gasteiger partial charge in [0.05, 0.1) is 29.2 Å². The van der Waals surface area contributed by atoms with Gasteiger partial charge in [0.1, 0.15) is 5.01 Å². The number of quaternary nitrogens is 1. The van der Waals surface area contributed by atoms with Crippen molar-refractivity contribution in [1.29, 1.82) is 0 Å². The highest BCUT2D eigenvalue weighted by Gasteiger charge is 2.28. The number of carbonyl (C=O) groups excluding carboxylic acids is 1. The number of aryl methyl sites for hydroxylation is 1. The van der Waals surface area contributed by atoms with Gasteiger partial charge in [0.2, 0.25) is 0 Å². The molecule has 2 heterocycles. The Bertz CT molecular complexity index is 932. The number of rotatable bonds is 4. The second kappa shape index (κ2) is 7.79. The van der Waals surface area contributed by atoms with Crippen LogP contribution in [0.25, 0.3) is 10.2 Å². The van der Waals surface area contributed by atoms with Crippen LogP contribution in [0.4, 0.5) is 5.69 Å². The Morgan fingerprint density at radius 3 is 2.93 bits per heavy atom. The average molecular weight is 381 g/mol. The summed E-state index contributed by atoms with van der Waals surface area (Å²) in [6.07, 6.45) is 2.31. The average Bonchev–Trinajstić information content (AvgIpc) is 3.10. The van der Waals surface area contributed by atoms with Crippen molar-refractivity contribution < 1.29 is 9.69 Å². The number of aromatic nitrogens is 1. The Kier molecular flexibility index (Phi) is 5.23. The first-order chi connectivity index (χ1) is 13.1. The lowest BCUT2D eigenvalue weighted by molar-refractivity contribution is -0.898. The molecular weight excluding hydrogens is 354 g/mol. The molecule has 1 saturated heterocycles. The van der Waals surface area contributed by atoms with Gasteiger partial charge in [-0.1, -0.05) is 24.3 Å². The van der Waals surface area contributed by atoms with Crippen LogP contribution in [0, 0.1) is 13.8 Å². The van der Waals surface area contributed by atoms with Gasteiger partial charge in [0, 0.05) is 5.69 Å². The van der Waals surface area contributed by atoms with Gasteiger partial charge in [-0.15, -0.1) is 11.3 Å². The van der Waals surface area contributed by atoms with Crippen LogP contribution in [-0.4, -0.2) is 30.5 Å². The molecule has 0 spiro atoms. The maximum atomic E-state index is 12.6. The second-order valence-corrected chi connectivity index (χ2v) is 8.60. The van der Waals surface area contributed by atoms with E-state index in [4.69, 9.17) is 4.98 Å². The standard InChI is InChI=1S/C22H25N3OS/c1-15-7-5-10-18(16(15)2)23-21(26)14-25-12-6-8-17(13-25)22-24-19-9-3-4-11-20(19)27-22/h3-5,7,9-11,17H,6,8,12-14H2,1-2H3,(H,23,26)/p+1/t17-/m1/s1. The van der Waals surface area contributed by atoms with Crippen LogP contribution < -0.4 is 10.2 Å². The van der Waals surface area contributed by atoms with Gasteiger partial charge >= 0.3 is 0 Å². The Balaban J connectivity index is 1.40. The summed E-state index contributed by atoms with van der Waals surface area (Å²) >= 11 is 1.81. The van der Waals surface area contributed by atoms with Crippen LogP contribution in [-0.2, 0) is 4.79 Å². The van der Waals surface area contributed by atoms with Crippen molar-refractivity contribution in [2.45, 2.75) is 32.6 Å². The van der Waals surface area contributed by atoms with Gasteiger partial charge in [0.25, 0.3) is 5.91 Å². The molecule has 5 heteroatoms. The van der Waals surface area contributed by atoms with E-state index < -0.39 is 0 Å². The number of benzene rings is 2. The quantitative estimate of drug-likeness (QED) is 0.729. The zero-order chi connectivity index (χ0) is 18.8. The first-order valence-corrected chi connectivity index (χ1v) is 10.5. The molecule has 3 aromatic rings. The number of carbonyl (C=O) groups is 1. The Hall–Kier alpha value is -2.24. The van der Waals surface area contributed by atoms with E-state index in [0.717, 1.165) is 36.3 Å². The normalized spacial score (nSPS) is 19.9.